The molecule has 22 heavy (non-hydrogen) atoms. The fourth-order valence-electron chi connectivity index (χ4n) is 1.96. The molecule has 2 rings (SSSR count). The van der Waals surface area contributed by atoms with Crippen molar-refractivity contribution in [1.29, 1.82) is 5.26 Å². The van der Waals surface area contributed by atoms with Crippen LogP contribution in [0.25, 0.3) is 0 Å². The molecule has 0 radical (unpaired) electrons. The summed E-state index contributed by atoms with van der Waals surface area (Å²) in [6, 6.07) is 14.2. The lowest BCUT2D eigenvalue weighted by atomic mass is 10.1. The normalized spacial score (nSPS) is 11.1. The lowest BCUT2D eigenvalue weighted by Crippen LogP contribution is -1.88. The van der Waals surface area contributed by atoms with Crippen LogP contribution >= 0.6 is 0 Å². The zero-order valence-corrected chi connectivity index (χ0v) is 12.3. The molecule has 0 amide bonds. The second-order valence-corrected chi connectivity index (χ2v) is 4.83. The number of benzene rings is 2. The van der Waals surface area contributed by atoms with E-state index in [0.29, 0.717) is 5.56 Å². The fourth-order valence-corrected chi connectivity index (χ4v) is 1.96. The highest BCUT2D eigenvalue weighted by Gasteiger charge is 2.00. The first-order valence-electron chi connectivity index (χ1n) is 7.08. The number of hydrogen-bond acceptors (Lipinski definition) is 3. The maximum Gasteiger partial charge on any atom is 0.141 e. The molecule has 0 N–H and O–H groups in total. The van der Waals surface area contributed by atoms with Crippen LogP contribution < -0.4 is 0 Å². The summed E-state index contributed by atoms with van der Waals surface area (Å²) >= 11 is 0. The topological polar surface area (TPSA) is 48.5 Å². The van der Waals surface area contributed by atoms with Crippen LogP contribution in [0.4, 0.5) is 4.39 Å². The highest BCUT2D eigenvalue weighted by molar-refractivity contribution is 5.82. The molecule has 0 atom stereocenters. The van der Waals surface area contributed by atoms with Gasteiger partial charge in [0.15, 0.2) is 0 Å². The Morgan fingerprint density at radius 1 is 1.05 bits per heavy atom. The van der Waals surface area contributed by atoms with Crippen LogP contribution in [0, 0.1) is 17.1 Å². The van der Waals surface area contributed by atoms with Crippen LogP contribution in [-0.2, 0) is 6.42 Å². The van der Waals surface area contributed by atoms with Crippen molar-refractivity contribution in [1.82, 2.24) is 0 Å². The van der Waals surface area contributed by atoms with Crippen molar-refractivity contribution in [3.8, 4) is 6.07 Å². The third-order valence-corrected chi connectivity index (χ3v) is 3.11. The van der Waals surface area contributed by atoms with Gasteiger partial charge < -0.3 is 0 Å². The smallest absolute Gasteiger partial charge is 0.141 e. The van der Waals surface area contributed by atoms with E-state index in [9.17, 15) is 4.39 Å². The first-order chi connectivity index (χ1) is 10.7. The molecule has 0 aromatic heterocycles. The van der Waals surface area contributed by atoms with Gasteiger partial charge in [0.05, 0.1) is 18.0 Å². The van der Waals surface area contributed by atoms with Gasteiger partial charge in [-0.25, -0.2) is 4.39 Å². The Balaban J connectivity index is 1.99. The van der Waals surface area contributed by atoms with Crippen molar-refractivity contribution in [2.24, 2.45) is 10.2 Å². The zero-order chi connectivity index (χ0) is 15.8. The maximum atomic E-state index is 13.4. The van der Waals surface area contributed by atoms with E-state index in [1.165, 1.54) is 23.9 Å². The molecule has 110 valence electrons. The lowest BCUT2D eigenvalue weighted by Gasteiger charge is -1.98. The lowest BCUT2D eigenvalue weighted by molar-refractivity contribution is 0.623. The van der Waals surface area contributed by atoms with E-state index in [-0.39, 0.29) is 5.56 Å². The Hall–Kier alpha value is -2.80. The van der Waals surface area contributed by atoms with Gasteiger partial charge in [0, 0.05) is 0 Å². The molecule has 2 aromatic rings. The average molecular weight is 293 g/mol. The van der Waals surface area contributed by atoms with Crippen LogP contribution in [0.3, 0.4) is 0 Å². The molecule has 0 heterocycles. The van der Waals surface area contributed by atoms with Crippen LogP contribution in [0.1, 0.15) is 35.6 Å². The van der Waals surface area contributed by atoms with Gasteiger partial charge in [0.25, 0.3) is 0 Å². The first kappa shape index (κ1) is 15.6. The molecule has 0 unspecified atom stereocenters. The highest BCUT2D eigenvalue weighted by atomic mass is 19.1. The Morgan fingerprint density at radius 2 is 1.68 bits per heavy atom. The standard InChI is InChI=1S/C18H16FN3/c1-2-3-14-4-6-15(7-5-14)12-21-22-13-16-8-9-17(11-20)18(19)10-16/h4-10,12-13H,2-3H2,1H3/b21-12+,22-13+. The molecule has 0 spiro atoms. The third kappa shape index (κ3) is 4.35. The predicted molar refractivity (Wildman–Crippen MR) is 86.7 cm³/mol. The van der Waals surface area contributed by atoms with E-state index in [1.807, 2.05) is 12.1 Å². The number of halogens is 1. The Labute approximate surface area is 129 Å². The van der Waals surface area contributed by atoms with E-state index < -0.39 is 5.82 Å². The van der Waals surface area contributed by atoms with Gasteiger partial charge in [-0.15, -0.1) is 0 Å². The number of hydrogen-bond donors (Lipinski definition) is 0. The van der Waals surface area contributed by atoms with Crippen molar-refractivity contribution in [3.63, 3.8) is 0 Å². The predicted octanol–water partition coefficient (Wildman–Crippen LogP) is 4.10. The summed E-state index contributed by atoms with van der Waals surface area (Å²) in [5.74, 6) is -0.554. The molecule has 0 aliphatic heterocycles. The molecule has 0 aliphatic carbocycles. The molecule has 0 saturated heterocycles. The number of rotatable bonds is 5. The monoisotopic (exact) mass is 293 g/mol. The minimum atomic E-state index is -0.554. The van der Waals surface area contributed by atoms with Crippen molar-refractivity contribution in [2.75, 3.05) is 0 Å². The Morgan fingerprint density at radius 3 is 2.27 bits per heavy atom. The minimum Gasteiger partial charge on any atom is -0.206 e. The molecule has 0 saturated carbocycles. The molecule has 2 aromatic carbocycles. The van der Waals surface area contributed by atoms with E-state index in [0.717, 1.165) is 18.4 Å². The number of nitrogens with zero attached hydrogens (tertiary/aromatic N) is 3. The Bertz CT molecular complexity index is 725. The van der Waals surface area contributed by atoms with Crippen LogP contribution in [0.15, 0.2) is 52.7 Å². The highest BCUT2D eigenvalue weighted by Crippen LogP contribution is 2.08. The summed E-state index contributed by atoms with van der Waals surface area (Å²) in [5, 5.41) is 16.5. The maximum absolute atomic E-state index is 13.4. The summed E-state index contributed by atoms with van der Waals surface area (Å²) in [4.78, 5) is 0. The molecule has 0 fully saturated rings. The van der Waals surface area contributed by atoms with Gasteiger partial charge >= 0.3 is 0 Å². The molecule has 0 aliphatic rings. The Kier molecular flexibility index (Phi) is 5.56. The van der Waals surface area contributed by atoms with Gasteiger partial charge in [0.2, 0.25) is 0 Å². The molecule has 3 nitrogen and oxygen atoms in total. The van der Waals surface area contributed by atoms with Crippen LogP contribution in [0.5, 0.6) is 0 Å². The second kappa shape index (κ2) is 7.84. The molecular weight excluding hydrogens is 277 g/mol. The van der Waals surface area contributed by atoms with Gasteiger partial charge in [-0.05, 0) is 35.2 Å². The summed E-state index contributed by atoms with van der Waals surface area (Å²) in [6.07, 6.45) is 5.29. The van der Waals surface area contributed by atoms with Crippen LogP contribution in [-0.4, -0.2) is 12.4 Å². The fraction of sp³-hybridized carbons (Fsp3) is 0.167. The molecule has 0 bridgehead atoms. The summed E-state index contributed by atoms with van der Waals surface area (Å²) < 4.78 is 13.4. The average Bonchev–Trinajstić information content (AvgIpc) is 2.53. The van der Waals surface area contributed by atoms with E-state index >= 15 is 0 Å². The van der Waals surface area contributed by atoms with E-state index in [1.54, 1.807) is 18.4 Å². The second-order valence-electron chi connectivity index (χ2n) is 4.83. The summed E-state index contributed by atoms with van der Waals surface area (Å²) in [6.45, 7) is 2.15. The van der Waals surface area contributed by atoms with Gasteiger partial charge in [-0.2, -0.15) is 15.5 Å². The van der Waals surface area contributed by atoms with E-state index in [2.05, 4.69) is 29.3 Å². The van der Waals surface area contributed by atoms with Crippen molar-refractivity contribution in [2.45, 2.75) is 19.8 Å². The van der Waals surface area contributed by atoms with Crippen LogP contribution in [0.2, 0.25) is 0 Å². The number of nitriles is 1. The summed E-state index contributed by atoms with van der Waals surface area (Å²) in [7, 11) is 0. The largest absolute Gasteiger partial charge is 0.206 e. The quantitative estimate of drug-likeness (QED) is 0.604. The third-order valence-electron chi connectivity index (χ3n) is 3.11. The molecule has 4 heteroatoms. The van der Waals surface area contributed by atoms with Crippen molar-refractivity contribution in [3.05, 3.63) is 70.5 Å². The van der Waals surface area contributed by atoms with Gasteiger partial charge in [0.1, 0.15) is 11.9 Å². The minimum absolute atomic E-state index is 0.0211. The SMILES string of the molecule is CCCc1ccc(/C=N/N=C/c2ccc(C#N)c(F)c2)cc1. The van der Waals surface area contributed by atoms with Gasteiger partial charge in [-0.3, -0.25) is 0 Å². The molecular formula is C18H16FN3. The van der Waals surface area contributed by atoms with Crippen molar-refractivity contribution >= 4 is 12.4 Å². The van der Waals surface area contributed by atoms with Gasteiger partial charge in [-0.1, -0.05) is 43.7 Å². The van der Waals surface area contributed by atoms with E-state index in [4.69, 9.17) is 5.26 Å². The summed E-state index contributed by atoms with van der Waals surface area (Å²) in [5.41, 5.74) is 2.85. The zero-order valence-electron chi connectivity index (χ0n) is 12.3. The first-order valence-corrected chi connectivity index (χ1v) is 7.08. The number of aryl methyl sites for hydroxylation is 1. The van der Waals surface area contributed by atoms with Crippen molar-refractivity contribution < 1.29 is 4.39 Å².